The average Bonchev–Trinajstić information content (AvgIpc) is 2.74. The van der Waals surface area contributed by atoms with Gasteiger partial charge in [-0.2, -0.15) is 0 Å². The van der Waals surface area contributed by atoms with Crippen molar-refractivity contribution in [1.29, 1.82) is 0 Å². The molecule has 31 heavy (non-hydrogen) atoms. The van der Waals surface area contributed by atoms with Crippen LogP contribution in [0.1, 0.15) is 0 Å². The van der Waals surface area contributed by atoms with Crippen LogP contribution in [-0.2, 0) is 0 Å². The van der Waals surface area contributed by atoms with Crippen LogP contribution in [0.25, 0.3) is 0 Å². The van der Waals surface area contributed by atoms with Gasteiger partial charge in [-0.1, -0.05) is 0 Å². The second kappa shape index (κ2) is 12.2. The Hall–Kier alpha value is 1.81. The summed E-state index contributed by atoms with van der Waals surface area (Å²) in [6.45, 7) is 0. The summed E-state index contributed by atoms with van der Waals surface area (Å²) in [5.41, 5.74) is 0. The molecule has 0 aliphatic rings. The van der Waals surface area contributed by atoms with E-state index in [4.69, 9.17) is 13.6 Å². The van der Waals surface area contributed by atoms with Crippen molar-refractivity contribution < 1.29 is 13.6 Å². The Balaban J connectivity index is 1.99. The molecular weight excluding hydrogens is 1010 g/mol. The Labute approximate surface area is 255 Å². The van der Waals surface area contributed by atoms with E-state index in [9.17, 15) is 0 Å². The Bertz CT molecular complexity index is 1000. The molecule has 0 radical (unpaired) electrons. The number of hydrogen-bond acceptors (Lipinski definition) is 3. The molecule has 3 aromatic carbocycles. The monoisotopic (exact) mass is 1010 g/mol. The predicted molar refractivity (Wildman–Crippen MR) is 157 cm³/mol. The molecule has 0 spiro atoms. The summed E-state index contributed by atoms with van der Waals surface area (Å²) in [5.74, 6) is 1.67. The van der Waals surface area contributed by atoms with Gasteiger partial charge >= 0.3 is 8.60 Å². The topological polar surface area (TPSA) is 27.7 Å². The van der Waals surface area contributed by atoms with Gasteiger partial charge < -0.3 is 13.6 Å². The third-order valence-corrected chi connectivity index (χ3v) is 14.6. The number of benzene rings is 3. The van der Waals surface area contributed by atoms with Crippen molar-refractivity contribution in [2.24, 2.45) is 0 Å². The molecule has 0 aromatic heterocycles. The molecule has 164 valence electrons. The summed E-state index contributed by atoms with van der Waals surface area (Å²) in [7, 11) is -1.90. The van der Waals surface area contributed by atoms with Gasteiger partial charge in [0, 0.05) is 26.8 Å². The lowest BCUT2D eigenvalue weighted by atomic mass is 10.3. The Kier molecular flexibility index (Phi) is 10.8. The van der Waals surface area contributed by atoms with Gasteiger partial charge in [-0.25, -0.2) is 0 Å². The van der Waals surface area contributed by atoms with Gasteiger partial charge in [-0.15, -0.1) is 0 Å². The summed E-state index contributed by atoms with van der Waals surface area (Å²) in [6, 6.07) is 11.1. The van der Waals surface area contributed by atoms with Crippen molar-refractivity contribution in [2.75, 3.05) is 0 Å². The Morgan fingerprint density at radius 2 is 0.645 bits per heavy atom. The third kappa shape index (κ3) is 6.73. The standard InChI is InChI=1S/C18H6Br9O3P/c19-7-1-4-10(16(25)13(7)22)28-31(29-11-5-2-8(20)14(23)17(11)26)30-12-6-3-9(21)15(24)18(12)27/h1-6H. The first kappa shape index (κ1) is 27.4. The minimum absolute atomic E-state index is 0.556. The summed E-state index contributed by atoms with van der Waals surface area (Å²) in [6.07, 6.45) is 0. The van der Waals surface area contributed by atoms with E-state index in [0.29, 0.717) is 17.2 Å². The molecule has 0 atom stereocenters. The van der Waals surface area contributed by atoms with E-state index in [1.807, 2.05) is 36.4 Å². The maximum absolute atomic E-state index is 6.17. The van der Waals surface area contributed by atoms with Gasteiger partial charge in [0.2, 0.25) is 0 Å². The number of rotatable bonds is 6. The summed E-state index contributed by atoms with van der Waals surface area (Å²) >= 11 is 31.7. The number of hydrogen-bond donors (Lipinski definition) is 0. The van der Waals surface area contributed by atoms with E-state index in [2.05, 4.69) is 143 Å². The molecule has 0 aliphatic heterocycles. The highest BCUT2D eigenvalue weighted by Crippen LogP contribution is 2.51. The van der Waals surface area contributed by atoms with Gasteiger partial charge in [-0.05, 0) is 180 Å². The largest absolute Gasteiger partial charge is 0.530 e. The smallest absolute Gasteiger partial charge is 0.407 e. The fourth-order valence-corrected chi connectivity index (χ4v) is 7.51. The van der Waals surface area contributed by atoms with Gasteiger partial charge in [0.25, 0.3) is 0 Å². The molecule has 3 rings (SSSR count). The highest BCUT2D eigenvalue weighted by molar-refractivity contribution is 9.15. The maximum atomic E-state index is 6.17. The molecule has 0 N–H and O–H groups in total. The quantitative estimate of drug-likeness (QED) is 0.182. The van der Waals surface area contributed by atoms with Crippen LogP contribution in [0.2, 0.25) is 0 Å². The lowest BCUT2D eigenvalue weighted by Gasteiger charge is -2.21. The molecule has 0 aliphatic carbocycles. The van der Waals surface area contributed by atoms with Crippen LogP contribution in [0.5, 0.6) is 17.2 Å². The predicted octanol–water partition coefficient (Wildman–Crippen LogP) is 12.3. The van der Waals surface area contributed by atoms with Gasteiger partial charge in [0.05, 0.1) is 13.4 Å². The first-order valence-corrected chi connectivity index (χ1v) is 16.1. The SMILES string of the molecule is Brc1ccc(OP(Oc2ccc(Br)c(Br)c2Br)Oc2ccc(Br)c(Br)c2Br)c(Br)c1Br. The van der Waals surface area contributed by atoms with Gasteiger partial charge in [-0.3, -0.25) is 0 Å². The van der Waals surface area contributed by atoms with Crippen molar-refractivity contribution in [3.05, 3.63) is 76.7 Å². The molecule has 0 saturated heterocycles. The summed E-state index contributed by atoms with van der Waals surface area (Å²) in [4.78, 5) is 0. The van der Waals surface area contributed by atoms with Crippen molar-refractivity contribution in [3.63, 3.8) is 0 Å². The molecule has 3 aromatic rings. The van der Waals surface area contributed by atoms with Crippen molar-refractivity contribution in [2.45, 2.75) is 0 Å². The van der Waals surface area contributed by atoms with Gasteiger partial charge in [0.1, 0.15) is 17.2 Å². The van der Waals surface area contributed by atoms with Gasteiger partial charge in [0.15, 0.2) is 0 Å². The first-order chi connectivity index (χ1) is 14.6. The molecule has 13 heteroatoms. The second-order valence-corrected chi connectivity index (χ2v) is 13.8. The fraction of sp³-hybridized carbons (Fsp3) is 0. The highest BCUT2D eigenvalue weighted by atomic mass is 79.9. The van der Waals surface area contributed by atoms with Crippen LogP contribution in [-0.4, -0.2) is 0 Å². The van der Waals surface area contributed by atoms with Crippen LogP contribution in [0.3, 0.4) is 0 Å². The molecule has 0 saturated carbocycles. The van der Waals surface area contributed by atoms with Crippen molar-refractivity contribution >= 4 is 152 Å². The Morgan fingerprint density at radius 1 is 0.387 bits per heavy atom. The third-order valence-electron chi connectivity index (χ3n) is 3.52. The maximum Gasteiger partial charge on any atom is 0.530 e. The van der Waals surface area contributed by atoms with E-state index in [0.717, 1.165) is 40.3 Å². The molecule has 3 nitrogen and oxygen atoms in total. The molecule has 0 bridgehead atoms. The van der Waals surface area contributed by atoms with Crippen molar-refractivity contribution in [3.8, 4) is 17.2 Å². The fourth-order valence-electron chi connectivity index (χ4n) is 2.03. The molecular formula is C18H6Br9O3P. The molecule has 0 heterocycles. The van der Waals surface area contributed by atoms with E-state index in [-0.39, 0.29) is 0 Å². The minimum Gasteiger partial charge on any atom is -0.407 e. The van der Waals surface area contributed by atoms with E-state index in [1.165, 1.54) is 0 Å². The first-order valence-electron chi connectivity index (χ1n) is 7.84. The Morgan fingerprint density at radius 3 is 0.903 bits per heavy atom. The molecule has 0 amide bonds. The lowest BCUT2D eigenvalue weighted by molar-refractivity contribution is 0.385. The van der Waals surface area contributed by atoms with Crippen LogP contribution in [0, 0.1) is 0 Å². The number of halogens is 9. The molecule has 0 fully saturated rings. The summed E-state index contributed by atoms with van der Waals surface area (Å²) in [5, 5.41) is 0. The van der Waals surface area contributed by atoms with E-state index in [1.54, 1.807) is 0 Å². The second-order valence-electron chi connectivity index (χ2n) is 5.52. The van der Waals surface area contributed by atoms with Crippen LogP contribution < -0.4 is 13.6 Å². The van der Waals surface area contributed by atoms with E-state index < -0.39 is 8.60 Å². The minimum atomic E-state index is -1.90. The van der Waals surface area contributed by atoms with Crippen LogP contribution in [0.15, 0.2) is 76.7 Å². The zero-order valence-corrected chi connectivity index (χ0v) is 29.7. The van der Waals surface area contributed by atoms with Crippen LogP contribution in [0.4, 0.5) is 0 Å². The zero-order valence-electron chi connectivity index (χ0n) is 14.5. The van der Waals surface area contributed by atoms with Crippen LogP contribution >= 0.6 is 152 Å². The van der Waals surface area contributed by atoms with E-state index >= 15 is 0 Å². The highest BCUT2D eigenvalue weighted by Gasteiger charge is 2.26. The van der Waals surface area contributed by atoms with Crippen molar-refractivity contribution in [1.82, 2.24) is 0 Å². The summed E-state index contributed by atoms with van der Waals surface area (Å²) < 4.78 is 25.8. The zero-order chi connectivity index (χ0) is 22.9. The normalized spacial score (nSPS) is 11.0. The average molecular weight is 1020 g/mol. The molecule has 0 unspecified atom stereocenters. The lowest BCUT2D eigenvalue weighted by Crippen LogP contribution is -2.04.